The van der Waals surface area contributed by atoms with Crippen molar-refractivity contribution >= 4 is 29.3 Å². The summed E-state index contributed by atoms with van der Waals surface area (Å²) in [4.78, 5) is 40.8. The molecular formula is C27H32ClN3O6. The first-order valence-corrected chi connectivity index (χ1v) is 12.9. The van der Waals surface area contributed by atoms with E-state index in [4.69, 9.17) is 25.8 Å². The number of nitrogens with zero attached hydrogens (tertiary/aromatic N) is 1. The minimum absolute atomic E-state index is 0.0968. The third kappa shape index (κ3) is 7.07. The minimum atomic E-state index is -0.313. The number of carbonyl (C=O) groups is 3. The Morgan fingerprint density at radius 3 is 2.65 bits per heavy atom. The van der Waals surface area contributed by atoms with Gasteiger partial charge in [-0.3, -0.25) is 14.4 Å². The molecule has 4 rings (SSSR count). The van der Waals surface area contributed by atoms with E-state index in [0.29, 0.717) is 65.8 Å². The molecule has 2 aromatic carbocycles. The van der Waals surface area contributed by atoms with Gasteiger partial charge in [0.2, 0.25) is 12.7 Å². The monoisotopic (exact) mass is 529 g/mol. The van der Waals surface area contributed by atoms with Crippen LogP contribution in [0.15, 0.2) is 36.4 Å². The van der Waals surface area contributed by atoms with E-state index in [9.17, 15) is 14.4 Å². The number of benzene rings is 2. The smallest absolute Gasteiger partial charge is 0.255 e. The molecule has 0 saturated heterocycles. The Bertz CT molecular complexity index is 1150. The third-order valence-electron chi connectivity index (χ3n) is 6.13. The maximum atomic E-state index is 13.4. The fourth-order valence-electron chi connectivity index (χ4n) is 4.37. The predicted octanol–water partition coefficient (Wildman–Crippen LogP) is 3.64. The van der Waals surface area contributed by atoms with E-state index in [2.05, 4.69) is 24.5 Å². The summed E-state index contributed by atoms with van der Waals surface area (Å²) in [6, 6.07) is 9.58. The van der Waals surface area contributed by atoms with Crippen LogP contribution in [0.1, 0.15) is 53.8 Å². The second-order valence-corrected chi connectivity index (χ2v) is 10.0. The van der Waals surface area contributed by atoms with E-state index >= 15 is 0 Å². The standard InChI is InChI=1S/C27H32ClN3O6/c1-17(2)11-20-15-35-22-8-6-19(28)13-21(22)26(33)29-9-3-4-10-31(14-25(32)30-20)27(34)18-5-7-23-24(12-18)37-16-36-23/h5-8,12-13,17,20H,3-4,9-11,14-16H2,1-2H3,(H,29,33)(H,30,32)/t20-/m1/s1. The van der Waals surface area contributed by atoms with Crippen LogP contribution in [0.25, 0.3) is 0 Å². The molecule has 0 spiro atoms. The lowest BCUT2D eigenvalue weighted by molar-refractivity contribution is -0.122. The molecule has 2 aliphatic heterocycles. The molecule has 3 amide bonds. The highest BCUT2D eigenvalue weighted by Gasteiger charge is 2.24. The molecule has 0 radical (unpaired) electrons. The molecule has 2 aromatic rings. The normalized spacial score (nSPS) is 18.7. The number of fused-ring (bicyclic) bond motifs is 2. The van der Waals surface area contributed by atoms with Crippen molar-refractivity contribution in [1.82, 2.24) is 15.5 Å². The molecule has 0 saturated carbocycles. The Morgan fingerprint density at radius 2 is 1.84 bits per heavy atom. The first-order valence-electron chi connectivity index (χ1n) is 12.5. The largest absolute Gasteiger partial charge is 0.491 e. The van der Waals surface area contributed by atoms with Crippen molar-refractivity contribution in [3.05, 3.63) is 52.5 Å². The van der Waals surface area contributed by atoms with Gasteiger partial charge in [0.1, 0.15) is 12.4 Å². The second kappa shape index (κ2) is 12.2. The van der Waals surface area contributed by atoms with Crippen LogP contribution in [0.5, 0.6) is 17.2 Å². The molecule has 10 heteroatoms. The van der Waals surface area contributed by atoms with Gasteiger partial charge in [-0.15, -0.1) is 0 Å². The van der Waals surface area contributed by atoms with Crippen molar-refractivity contribution in [3.8, 4) is 17.2 Å². The third-order valence-corrected chi connectivity index (χ3v) is 6.36. The van der Waals surface area contributed by atoms with Gasteiger partial charge in [-0.05, 0) is 61.6 Å². The van der Waals surface area contributed by atoms with E-state index in [1.807, 2.05) is 0 Å². The van der Waals surface area contributed by atoms with Crippen molar-refractivity contribution in [3.63, 3.8) is 0 Å². The van der Waals surface area contributed by atoms with Gasteiger partial charge in [-0.1, -0.05) is 25.4 Å². The molecule has 0 unspecified atom stereocenters. The number of halogens is 1. The Morgan fingerprint density at radius 1 is 1.05 bits per heavy atom. The zero-order chi connectivity index (χ0) is 26.4. The maximum Gasteiger partial charge on any atom is 0.255 e. The first-order chi connectivity index (χ1) is 17.8. The highest BCUT2D eigenvalue weighted by Crippen LogP contribution is 2.33. The van der Waals surface area contributed by atoms with Crippen LogP contribution >= 0.6 is 11.6 Å². The van der Waals surface area contributed by atoms with Gasteiger partial charge in [0.15, 0.2) is 11.5 Å². The van der Waals surface area contributed by atoms with E-state index in [0.717, 1.165) is 0 Å². The Hall–Kier alpha value is -3.46. The van der Waals surface area contributed by atoms with Crippen molar-refractivity contribution in [1.29, 1.82) is 0 Å². The van der Waals surface area contributed by atoms with Crippen LogP contribution < -0.4 is 24.8 Å². The average molecular weight is 530 g/mol. The summed E-state index contributed by atoms with van der Waals surface area (Å²) < 4.78 is 16.7. The lowest BCUT2D eigenvalue weighted by atomic mass is 10.0. The Kier molecular flexibility index (Phi) is 8.76. The number of amides is 3. The van der Waals surface area contributed by atoms with Gasteiger partial charge in [0.05, 0.1) is 18.2 Å². The highest BCUT2D eigenvalue weighted by molar-refractivity contribution is 6.31. The lowest BCUT2D eigenvalue weighted by Crippen LogP contribution is -2.46. The van der Waals surface area contributed by atoms with Crippen LogP contribution in [0.2, 0.25) is 5.02 Å². The summed E-state index contributed by atoms with van der Waals surface area (Å²) in [6.45, 7) is 5.04. The molecule has 37 heavy (non-hydrogen) atoms. The fourth-order valence-corrected chi connectivity index (χ4v) is 4.54. The van der Waals surface area contributed by atoms with Crippen molar-refractivity contribution in [2.75, 3.05) is 33.0 Å². The summed E-state index contributed by atoms with van der Waals surface area (Å²) >= 11 is 6.14. The molecule has 2 heterocycles. The highest BCUT2D eigenvalue weighted by atomic mass is 35.5. The maximum absolute atomic E-state index is 13.4. The van der Waals surface area contributed by atoms with Gasteiger partial charge in [-0.25, -0.2) is 0 Å². The van der Waals surface area contributed by atoms with Crippen molar-refractivity contribution < 1.29 is 28.6 Å². The first kappa shape index (κ1) is 26.6. The second-order valence-electron chi connectivity index (χ2n) is 9.60. The lowest BCUT2D eigenvalue weighted by Gasteiger charge is -2.25. The van der Waals surface area contributed by atoms with Crippen molar-refractivity contribution in [2.24, 2.45) is 5.92 Å². The van der Waals surface area contributed by atoms with Gasteiger partial charge in [0, 0.05) is 23.7 Å². The predicted molar refractivity (Wildman–Crippen MR) is 138 cm³/mol. The molecule has 0 bridgehead atoms. The van der Waals surface area contributed by atoms with Crippen molar-refractivity contribution in [2.45, 2.75) is 39.2 Å². The summed E-state index contributed by atoms with van der Waals surface area (Å²) in [5, 5.41) is 6.35. The zero-order valence-electron chi connectivity index (χ0n) is 21.1. The SMILES string of the molecule is CC(C)C[C@@H]1COc2ccc(Cl)cc2C(=O)NCCCCN(C(=O)c2ccc3c(c2)OCO3)CC(=O)N1. The van der Waals surface area contributed by atoms with E-state index < -0.39 is 0 Å². The van der Waals surface area contributed by atoms with Crippen LogP contribution in [0.4, 0.5) is 0 Å². The minimum Gasteiger partial charge on any atom is -0.491 e. The topological polar surface area (TPSA) is 106 Å². The van der Waals surface area contributed by atoms with Crippen LogP contribution in [-0.2, 0) is 4.79 Å². The van der Waals surface area contributed by atoms with E-state index in [-0.39, 0.29) is 49.6 Å². The number of ether oxygens (including phenoxy) is 3. The quantitative estimate of drug-likeness (QED) is 0.629. The summed E-state index contributed by atoms with van der Waals surface area (Å²) in [5.41, 5.74) is 0.759. The average Bonchev–Trinajstić information content (AvgIpc) is 3.33. The Labute approximate surface area is 221 Å². The number of nitrogens with one attached hydrogen (secondary N) is 2. The summed E-state index contributed by atoms with van der Waals surface area (Å²) in [5.74, 6) is 0.940. The zero-order valence-corrected chi connectivity index (χ0v) is 21.8. The van der Waals surface area contributed by atoms with Gasteiger partial charge < -0.3 is 29.7 Å². The van der Waals surface area contributed by atoms with E-state index in [1.54, 1.807) is 36.4 Å². The molecule has 0 aliphatic carbocycles. The Balaban J connectivity index is 1.54. The number of rotatable bonds is 3. The number of hydrogen-bond acceptors (Lipinski definition) is 6. The fraction of sp³-hybridized carbons (Fsp3) is 0.444. The van der Waals surface area contributed by atoms with Gasteiger partial charge >= 0.3 is 0 Å². The van der Waals surface area contributed by atoms with Crippen LogP contribution in [0.3, 0.4) is 0 Å². The molecule has 2 aliphatic rings. The summed E-state index contributed by atoms with van der Waals surface area (Å²) in [7, 11) is 0. The molecule has 2 N–H and O–H groups in total. The molecule has 198 valence electrons. The molecule has 9 nitrogen and oxygen atoms in total. The van der Waals surface area contributed by atoms with Gasteiger partial charge in [0.25, 0.3) is 11.8 Å². The van der Waals surface area contributed by atoms with Gasteiger partial charge in [-0.2, -0.15) is 0 Å². The number of carbonyl (C=O) groups excluding carboxylic acids is 3. The molecular weight excluding hydrogens is 498 g/mol. The van der Waals surface area contributed by atoms with Crippen LogP contribution in [-0.4, -0.2) is 61.7 Å². The van der Waals surface area contributed by atoms with E-state index in [1.165, 1.54) is 4.90 Å². The number of hydrogen-bond donors (Lipinski definition) is 2. The summed E-state index contributed by atoms with van der Waals surface area (Å²) in [6.07, 6.45) is 1.88. The van der Waals surface area contributed by atoms with Crippen LogP contribution in [0, 0.1) is 5.92 Å². The molecule has 0 aromatic heterocycles. The molecule has 0 fully saturated rings. The molecule has 1 atom stereocenters.